The van der Waals surface area contributed by atoms with Gasteiger partial charge in [-0.05, 0) is 31.5 Å². The van der Waals surface area contributed by atoms with E-state index < -0.39 is 11.9 Å². The van der Waals surface area contributed by atoms with Crippen LogP contribution in [0.3, 0.4) is 0 Å². The molecule has 2 atom stereocenters. The fraction of sp³-hybridized carbons (Fsp3) is 0.417. The van der Waals surface area contributed by atoms with Gasteiger partial charge < -0.3 is 15.8 Å². The molecule has 1 amide bonds. The molecule has 0 saturated heterocycles. The quantitative estimate of drug-likeness (QED) is 0.835. The minimum absolute atomic E-state index is 0.0468. The first-order valence-corrected chi connectivity index (χ1v) is 5.39. The Kier molecular flexibility index (Phi) is 4.45. The predicted molar refractivity (Wildman–Crippen MR) is 63.2 cm³/mol. The standard InChI is InChI=1S/C12H17FN2O2/c1-7(14)9-4-5-11(10(13)6-9)17-8(2)12(16)15-3/h4-8H,14H2,1-3H3,(H,15,16)/t7-,8?/m1/s1. The van der Waals surface area contributed by atoms with Crippen molar-refractivity contribution in [2.45, 2.75) is 26.0 Å². The number of carbonyl (C=O) groups excluding carboxylic acids is 1. The minimum Gasteiger partial charge on any atom is -0.478 e. The van der Waals surface area contributed by atoms with E-state index in [1.807, 2.05) is 0 Å². The molecule has 0 heterocycles. The Balaban J connectivity index is 2.83. The van der Waals surface area contributed by atoms with E-state index in [0.29, 0.717) is 5.56 Å². The van der Waals surface area contributed by atoms with Crippen LogP contribution in [0.5, 0.6) is 5.75 Å². The molecule has 4 nitrogen and oxygen atoms in total. The number of hydrogen-bond acceptors (Lipinski definition) is 3. The lowest BCUT2D eigenvalue weighted by Crippen LogP contribution is -2.33. The Morgan fingerprint density at radius 3 is 2.59 bits per heavy atom. The molecule has 5 heteroatoms. The maximum absolute atomic E-state index is 13.6. The van der Waals surface area contributed by atoms with Crippen molar-refractivity contribution in [2.24, 2.45) is 5.73 Å². The normalized spacial score (nSPS) is 13.9. The van der Waals surface area contributed by atoms with Crippen molar-refractivity contribution >= 4 is 5.91 Å². The van der Waals surface area contributed by atoms with Crippen molar-refractivity contribution in [3.63, 3.8) is 0 Å². The molecular weight excluding hydrogens is 223 g/mol. The average molecular weight is 240 g/mol. The highest BCUT2D eigenvalue weighted by molar-refractivity contribution is 5.80. The summed E-state index contributed by atoms with van der Waals surface area (Å²) in [5.41, 5.74) is 6.31. The molecular formula is C12H17FN2O2. The first-order chi connectivity index (χ1) is 7.95. The van der Waals surface area contributed by atoms with Crippen LogP contribution in [0.1, 0.15) is 25.5 Å². The number of carbonyl (C=O) groups is 1. The average Bonchev–Trinajstić information content (AvgIpc) is 2.30. The second kappa shape index (κ2) is 5.63. The molecule has 0 saturated carbocycles. The molecule has 0 radical (unpaired) electrons. The lowest BCUT2D eigenvalue weighted by atomic mass is 10.1. The van der Waals surface area contributed by atoms with E-state index in [0.717, 1.165) is 0 Å². The number of benzene rings is 1. The van der Waals surface area contributed by atoms with Crippen LogP contribution in [0.2, 0.25) is 0 Å². The Morgan fingerprint density at radius 2 is 2.12 bits per heavy atom. The molecule has 1 aromatic carbocycles. The van der Waals surface area contributed by atoms with Crippen molar-refractivity contribution in [3.05, 3.63) is 29.6 Å². The van der Waals surface area contributed by atoms with Crippen molar-refractivity contribution < 1.29 is 13.9 Å². The second-order valence-electron chi connectivity index (χ2n) is 3.85. The van der Waals surface area contributed by atoms with Crippen LogP contribution in [0, 0.1) is 5.82 Å². The number of rotatable bonds is 4. The van der Waals surface area contributed by atoms with Crippen LogP contribution in [0.15, 0.2) is 18.2 Å². The highest BCUT2D eigenvalue weighted by atomic mass is 19.1. The largest absolute Gasteiger partial charge is 0.478 e. The van der Waals surface area contributed by atoms with Gasteiger partial charge in [0, 0.05) is 13.1 Å². The van der Waals surface area contributed by atoms with E-state index in [2.05, 4.69) is 5.32 Å². The summed E-state index contributed by atoms with van der Waals surface area (Å²) in [6, 6.07) is 4.24. The fourth-order valence-corrected chi connectivity index (χ4v) is 1.34. The van der Waals surface area contributed by atoms with Gasteiger partial charge in [0.15, 0.2) is 17.7 Å². The van der Waals surface area contributed by atoms with Gasteiger partial charge in [0.1, 0.15) is 0 Å². The van der Waals surface area contributed by atoms with E-state index in [9.17, 15) is 9.18 Å². The molecule has 17 heavy (non-hydrogen) atoms. The smallest absolute Gasteiger partial charge is 0.260 e. The first kappa shape index (κ1) is 13.4. The van der Waals surface area contributed by atoms with E-state index in [1.54, 1.807) is 19.9 Å². The molecule has 0 aliphatic carbocycles. The van der Waals surface area contributed by atoms with E-state index in [-0.39, 0.29) is 17.7 Å². The maximum Gasteiger partial charge on any atom is 0.260 e. The minimum atomic E-state index is -0.740. The van der Waals surface area contributed by atoms with Crippen LogP contribution in [-0.2, 0) is 4.79 Å². The van der Waals surface area contributed by atoms with Gasteiger partial charge in [-0.25, -0.2) is 4.39 Å². The first-order valence-electron chi connectivity index (χ1n) is 5.39. The summed E-state index contributed by atoms with van der Waals surface area (Å²) >= 11 is 0. The molecule has 1 unspecified atom stereocenters. The van der Waals surface area contributed by atoms with Gasteiger partial charge in [0.05, 0.1) is 0 Å². The summed E-state index contributed by atoms with van der Waals surface area (Å²) in [4.78, 5) is 11.2. The summed E-state index contributed by atoms with van der Waals surface area (Å²) in [5, 5.41) is 2.43. The third-order valence-corrected chi connectivity index (χ3v) is 2.40. The zero-order valence-electron chi connectivity index (χ0n) is 10.2. The summed E-state index contributed by atoms with van der Waals surface area (Å²) in [5.74, 6) is -0.776. The molecule has 1 aromatic rings. The molecule has 94 valence electrons. The van der Waals surface area contributed by atoms with Crippen LogP contribution in [0.25, 0.3) is 0 Å². The summed E-state index contributed by atoms with van der Waals surface area (Å²) in [6.07, 6.45) is -0.740. The van der Waals surface area contributed by atoms with Crippen molar-refractivity contribution in [3.8, 4) is 5.75 Å². The molecule has 3 N–H and O–H groups in total. The molecule has 0 aromatic heterocycles. The molecule has 0 aliphatic heterocycles. The molecule has 1 rings (SSSR count). The summed E-state index contributed by atoms with van der Waals surface area (Å²) in [7, 11) is 1.50. The van der Waals surface area contributed by atoms with Crippen LogP contribution in [0.4, 0.5) is 4.39 Å². The van der Waals surface area contributed by atoms with Gasteiger partial charge in [0.25, 0.3) is 5.91 Å². The maximum atomic E-state index is 13.6. The monoisotopic (exact) mass is 240 g/mol. The molecule has 0 fully saturated rings. The van der Waals surface area contributed by atoms with Gasteiger partial charge in [-0.15, -0.1) is 0 Å². The fourth-order valence-electron chi connectivity index (χ4n) is 1.34. The molecule has 0 aliphatic rings. The predicted octanol–water partition coefficient (Wildman–Crippen LogP) is 1.36. The number of nitrogens with two attached hydrogens (primary N) is 1. The van der Waals surface area contributed by atoms with Crippen molar-refractivity contribution in [1.82, 2.24) is 5.32 Å². The number of amides is 1. The lowest BCUT2D eigenvalue weighted by molar-refractivity contribution is -0.126. The van der Waals surface area contributed by atoms with Gasteiger partial charge in [-0.3, -0.25) is 4.79 Å². The van der Waals surface area contributed by atoms with Crippen molar-refractivity contribution in [2.75, 3.05) is 7.05 Å². The van der Waals surface area contributed by atoms with Crippen LogP contribution >= 0.6 is 0 Å². The van der Waals surface area contributed by atoms with Crippen LogP contribution < -0.4 is 15.8 Å². The number of halogens is 1. The Labute approximate surface area is 100.0 Å². The van der Waals surface area contributed by atoms with Crippen molar-refractivity contribution in [1.29, 1.82) is 0 Å². The highest BCUT2D eigenvalue weighted by Crippen LogP contribution is 2.22. The zero-order chi connectivity index (χ0) is 13.0. The van der Waals surface area contributed by atoms with E-state index in [4.69, 9.17) is 10.5 Å². The highest BCUT2D eigenvalue weighted by Gasteiger charge is 2.15. The van der Waals surface area contributed by atoms with Gasteiger partial charge in [-0.2, -0.15) is 0 Å². The number of hydrogen-bond donors (Lipinski definition) is 2. The molecule has 0 spiro atoms. The van der Waals surface area contributed by atoms with Crippen LogP contribution in [-0.4, -0.2) is 19.1 Å². The van der Waals surface area contributed by atoms with Gasteiger partial charge >= 0.3 is 0 Å². The third kappa shape index (κ3) is 3.42. The summed E-state index contributed by atoms with van der Waals surface area (Å²) < 4.78 is 18.8. The third-order valence-electron chi connectivity index (χ3n) is 2.40. The van der Waals surface area contributed by atoms with E-state index in [1.165, 1.54) is 19.2 Å². The van der Waals surface area contributed by atoms with E-state index >= 15 is 0 Å². The number of likely N-dealkylation sites (N-methyl/N-ethyl adjacent to an activating group) is 1. The SMILES string of the molecule is CNC(=O)C(C)Oc1ccc([C@@H](C)N)cc1F. The van der Waals surface area contributed by atoms with Gasteiger partial charge in [0.2, 0.25) is 0 Å². The topological polar surface area (TPSA) is 64.3 Å². The number of nitrogens with one attached hydrogen (secondary N) is 1. The lowest BCUT2D eigenvalue weighted by Gasteiger charge is -2.14. The van der Waals surface area contributed by atoms with Gasteiger partial charge in [-0.1, -0.05) is 6.07 Å². The summed E-state index contributed by atoms with van der Waals surface area (Å²) in [6.45, 7) is 3.32. The Hall–Kier alpha value is -1.62. The molecule has 0 bridgehead atoms. The zero-order valence-corrected chi connectivity index (χ0v) is 10.2. The Morgan fingerprint density at radius 1 is 1.47 bits per heavy atom. The Bertz CT molecular complexity index is 407. The second-order valence-corrected chi connectivity index (χ2v) is 3.85. The number of ether oxygens (including phenoxy) is 1.